The average Bonchev–Trinajstić information content (AvgIpc) is 2.38. The second-order valence-electron chi connectivity index (χ2n) is 3.61. The first-order valence-corrected chi connectivity index (χ1v) is 5.18. The molecule has 0 aromatic heterocycles. The van der Waals surface area contributed by atoms with Gasteiger partial charge in [-0.2, -0.15) is 0 Å². The van der Waals surface area contributed by atoms with Gasteiger partial charge in [0.25, 0.3) is 0 Å². The predicted molar refractivity (Wildman–Crippen MR) is 64.6 cm³/mol. The van der Waals surface area contributed by atoms with Crippen molar-refractivity contribution in [2.45, 2.75) is 0 Å². The fourth-order valence-electron chi connectivity index (χ4n) is 1.74. The van der Waals surface area contributed by atoms with E-state index in [1.54, 1.807) is 30.3 Å². The van der Waals surface area contributed by atoms with Crippen molar-refractivity contribution in [3.63, 3.8) is 0 Å². The molecular weight excluding hydrogens is 239 g/mol. The summed E-state index contributed by atoms with van der Waals surface area (Å²) in [4.78, 5) is 22.2. The summed E-state index contributed by atoms with van der Waals surface area (Å²) in [6.07, 6.45) is 0. The minimum atomic E-state index is -1.13. The SMILES string of the molecule is O=C(O)c1[c-]cccc1-c1ccccc1C(=O)O.[Li+]. The van der Waals surface area contributed by atoms with Crippen LogP contribution in [0.15, 0.2) is 42.5 Å². The molecule has 0 unspecified atom stereocenters. The molecule has 0 aliphatic heterocycles. The summed E-state index contributed by atoms with van der Waals surface area (Å²) < 4.78 is 0. The van der Waals surface area contributed by atoms with Crippen LogP contribution in [-0.2, 0) is 0 Å². The van der Waals surface area contributed by atoms with Crippen LogP contribution in [0, 0.1) is 6.07 Å². The van der Waals surface area contributed by atoms with Gasteiger partial charge in [-0.25, -0.2) is 4.79 Å². The van der Waals surface area contributed by atoms with Crippen LogP contribution >= 0.6 is 0 Å². The van der Waals surface area contributed by atoms with Gasteiger partial charge in [-0.3, -0.25) is 0 Å². The predicted octanol–water partition coefficient (Wildman–Crippen LogP) is -0.446. The molecule has 0 heterocycles. The van der Waals surface area contributed by atoms with Gasteiger partial charge >= 0.3 is 24.8 Å². The molecule has 0 amide bonds. The molecule has 0 atom stereocenters. The topological polar surface area (TPSA) is 74.6 Å². The molecule has 0 aliphatic rings. The van der Waals surface area contributed by atoms with E-state index in [0.717, 1.165) is 0 Å². The number of carboxylic acid groups (broad SMARTS) is 2. The summed E-state index contributed by atoms with van der Waals surface area (Å²) in [6.45, 7) is 0. The fourth-order valence-corrected chi connectivity index (χ4v) is 1.74. The van der Waals surface area contributed by atoms with Crippen molar-refractivity contribution in [1.82, 2.24) is 0 Å². The molecular formula is C14H9LiO4. The van der Waals surface area contributed by atoms with Crippen molar-refractivity contribution in [2.24, 2.45) is 0 Å². The molecule has 2 N–H and O–H groups in total. The van der Waals surface area contributed by atoms with Crippen LogP contribution in [0.1, 0.15) is 20.7 Å². The minimum absolute atomic E-state index is 0. The Bertz CT molecular complexity index is 567. The van der Waals surface area contributed by atoms with Crippen LogP contribution in [0.4, 0.5) is 0 Å². The zero-order valence-electron chi connectivity index (χ0n) is 10.3. The third kappa shape index (κ3) is 3.05. The van der Waals surface area contributed by atoms with E-state index in [-0.39, 0.29) is 30.0 Å². The zero-order chi connectivity index (χ0) is 13.1. The van der Waals surface area contributed by atoms with E-state index in [4.69, 9.17) is 10.2 Å². The maximum atomic E-state index is 11.1. The Hall–Kier alpha value is -2.02. The Kier molecular flexibility index (Phi) is 4.93. The third-order valence-corrected chi connectivity index (χ3v) is 2.52. The molecule has 5 heteroatoms. The largest absolute Gasteiger partial charge is 1.00 e. The van der Waals surface area contributed by atoms with Gasteiger partial charge in [0.1, 0.15) is 0 Å². The Morgan fingerprint density at radius 1 is 0.895 bits per heavy atom. The first-order valence-electron chi connectivity index (χ1n) is 5.18. The molecule has 90 valence electrons. The average molecular weight is 248 g/mol. The van der Waals surface area contributed by atoms with Crippen LogP contribution in [0.2, 0.25) is 0 Å². The first kappa shape index (κ1) is 15.0. The summed E-state index contributed by atoms with van der Waals surface area (Å²) in [5.41, 5.74) is 0.757. The number of aromatic carboxylic acids is 2. The second-order valence-corrected chi connectivity index (χ2v) is 3.61. The van der Waals surface area contributed by atoms with Crippen molar-refractivity contribution in [1.29, 1.82) is 0 Å². The van der Waals surface area contributed by atoms with Crippen molar-refractivity contribution >= 4 is 11.9 Å². The maximum Gasteiger partial charge on any atom is 1.00 e. The fraction of sp³-hybridized carbons (Fsp3) is 0. The summed E-state index contributed by atoms with van der Waals surface area (Å²) >= 11 is 0. The van der Waals surface area contributed by atoms with Crippen molar-refractivity contribution in [3.8, 4) is 11.1 Å². The quantitative estimate of drug-likeness (QED) is 0.570. The van der Waals surface area contributed by atoms with Gasteiger partial charge in [0.2, 0.25) is 5.97 Å². The molecule has 0 spiro atoms. The molecule has 4 nitrogen and oxygen atoms in total. The number of rotatable bonds is 3. The van der Waals surface area contributed by atoms with Gasteiger partial charge in [0.05, 0.1) is 5.56 Å². The smallest absolute Gasteiger partial charge is 0.521 e. The minimum Gasteiger partial charge on any atom is -0.521 e. The van der Waals surface area contributed by atoms with E-state index < -0.39 is 11.9 Å². The van der Waals surface area contributed by atoms with Gasteiger partial charge in [-0.1, -0.05) is 29.3 Å². The number of hydrogen-bond donors (Lipinski definition) is 2. The molecule has 0 radical (unpaired) electrons. The van der Waals surface area contributed by atoms with E-state index in [2.05, 4.69) is 6.07 Å². The van der Waals surface area contributed by atoms with Gasteiger partial charge in [0.15, 0.2) is 0 Å². The third-order valence-electron chi connectivity index (χ3n) is 2.52. The zero-order valence-corrected chi connectivity index (χ0v) is 10.3. The van der Waals surface area contributed by atoms with Crippen molar-refractivity contribution in [2.75, 3.05) is 0 Å². The molecule has 0 saturated carbocycles. The van der Waals surface area contributed by atoms with Crippen LogP contribution in [0.25, 0.3) is 11.1 Å². The van der Waals surface area contributed by atoms with E-state index in [1.807, 2.05) is 0 Å². The monoisotopic (exact) mass is 248 g/mol. The molecule has 0 bridgehead atoms. The van der Waals surface area contributed by atoms with Crippen molar-refractivity contribution < 1.29 is 38.7 Å². The van der Waals surface area contributed by atoms with Gasteiger partial charge in [-0.15, -0.1) is 24.3 Å². The maximum absolute atomic E-state index is 11.1. The summed E-state index contributed by atoms with van der Waals surface area (Å²) in [5.74, 6) is -2.23. The number of benzene rings is 2. The molecule has 0 saturated heterocycles. The van der Waals surface area contributed by atoms with Crippen LogP contribution < -0.4 is 18.9 Å². The van der Waals surface area contributed by atoms with E-state index in [9.17, 15) is 9.59 Å². The summed E-state index contributed by atoms with van der Waals surface area (Å²) in [7, 11) is 0. The molecule has 2 aromatic carbocycles. The van der Waals surface area contributed by atoms with Crippen LogP contribution in [0.3, 0.4) is 0 Å². The molecule has 2 rings (SSSR count). The molecule has 0 fully saturated rings. The van der Waals surface area contributed by atoms with E-state index in [1.165, 1.54) is 12.1 Å². The van der Waals surface area contributed by atoms with Crippen LogP contribution in [-0.4, -0.2) is 22.2 Å². The van der Waals surface area contributed by atoms with E-state index in [0.29, 0.717) is 11.1 Å². The Balaban J connectivity index is 0.00000180. The van der Waals surface area contributed by atoms with Gasteiger partial charge < -0.3 is 15.0 Å². The Morgan fingerprint density at radius 2 is 1.53 bits per heavy atom. The van der Waals surface area contributed by atoms with Crippen LogP contribution in [0.5, 0.6) is 0 Å². The normalized spacial score (nSPS) is 9.47. The van der Waals surface area contributed by atoms with E-state index >= 15 is 0 Å². The summed E-state index contributed by atoms with van der Waals surface area (Å²) in [5, 5.41) is 18.2. The second kappa shape index (κ2) is 6.23. The van der Waals surface area contributed by atoms with Gasteiger partial charge in [-0.05, 0) is 11.6 Å². The molecule has 19 heavy (non-hydrogen) atoms. The molecule has 2 aromatic rings. The number of carbonyl (C=O) groups is 2. The van der Waals surface area contributed by atoms with Crippen molar-refractivity contribution in [3.05, 3.63) is 59.7 Å². The molecule has 0 aliphatic carbocycles. The number of hydrogen-bond acceptors (Lipinski definition) is 2. The standard InChI is InChI=1S/C14H9O4.Li/c15-13(16)11-7-3-1-5-9(11)10-6-2-4-8-12(10)14(17)18;/h1-7H,(H,15,16)(H,17,18);/q-1;+1. The Morgan fingerprint density at radius 3 is 2.16 bits per heavy atom. The Labute approximate surface area is 121 Å². The van der Waals surface area contributed by atoms with Gasteiger partial charge in [0, 0.05) is 0 Å². The number of carboxylic acids is 2. The first-order chi connectivity index (χ1) is 8.61. The summed E-state index contributed by atoms with van der Waals surface area (Å²) in [6, 6.07) is 13.6.